The standard InChI is InChI=1S/C9H12ClN3O2/c1-2-6(10)5-11-9(15)7-3-4-8(14)13-12-7/h3-4,6H,2,5H2,1H3,(H,11,15)(H,13,14). The predicted octanol–water partition coefficient (Wildman–Crippen LogP) is 0.517. The third-order valence-electron chi connectivity index (χ3n) is 1.84. The summed E-state index contributed by atoms with van der Waals surface area (Å²) in [5, 5.41) is 8.30. The first-order chi connectivity index (χ1) is 7.13. The molecule has 1 rings (SSSR count). The molecule has 0 radical (unpaired) electrons. The minimum Gasteiger partial charge on any atom is -0.349 e. The minimum atomic E-state index is -0.342. The van der Waals surface area contributed by atoms with Gasteiger partial charge in [-0.15, -0.1) is 11.6 Å². The number of nitrogens with one attached hydrogen (secondary N) is 2. The summed E-state index contributed by atoms with van der Waals surface area (Å²) in [5.74, 6) is -0.342. The van der Waals surface area contributed by atoms with Crippen LogP contribution in [0.1, 0.15) is 23.8 Å². The monoisotopic (exact) mass is 229 g/mol. The third-order valence-corrected chi connectivity index (χ3v) is 2.30. The molecule has 0 spiro atoms. The summed E-state index contributed by atoms with van der Waals surface area (Å²) in [5.41, 5.74) is -0.162. The van der Waals surface area contributed by atoms with Gasteiger partial charge in [-0.3, -0.25) is 9.59 Å². The van der Waals surface area contributed by atoms with Crippen molar-refractivity contribution in [1.82, 2.24) is 15.5 Å². The lowest BCUT2D eigenvalue weighted by Crippen LogP contribution is -2.30. The molecule has 0 aliphatic rings. The number of hydrogen-bond donors (Lipinski definition) is 2. The van der Waals surface area contributed by atoms with Crippen molar-refractivity contribution < 1.29 is 4.79 Å². The van der Waals surface area contributed by atoms with E-state index in [0.29, 0.717) is 6.54 Å². The Balaban J connectivity index is 2.54. The molecule has 1 aromatic heterocycles. The molecule has 82 valence electrons. The van der Waals surface area contributed by atoms with E-state index in [1.54, 1.807) is 0 Å². The van der Waals surface area contributed by atoms with Gasteiger partial charge in [-0.05, 0) is 12.5 Å². The smallest absolute Gasteiger partial charge is 0.271 e. The van der Waals surface area contributed by atoms with E-state index in [2.05, 4.69) is 15.5 Å². The Bertz CT molecular complexity index is 371. The fourth-order valence-electron chi connectivity index (χ4n) is 0.909. The van der Waals surface area contributed by atoms with Crippen LogP contribution in [0.15, 0.2) is 16.9 Å². The minimum absolute atomic E-state index is 0.0864. The Morgan fingerprint density at radius 3 is 2.93 bits per heavy atom. The van der Waals surface area contributed by atoms with Gasteiger partial charge in [0.05, 0.1) is 5.38 Å². The highest BCUT2D eigenvalue weighted by atomic mass is 35.5. The van der Waals surface area contributed by atoms with E-state index in [0.717, 1.165) is 6.42 Å². The molecule has 6 heteroatoms. The van der Waals surface area contributed by atoms with Crippen LogP contribution in [0.4, 0.5) is 0 Å². The molecule has 1 amide bonds. The molecule has 5 nitrogen and oxygen atoms in total. The summed E-state index contributed by atoms with van der Waals surface area (Å²) in [6.07, 6.45) is 0.779. The van der Waals surface area contributed by atoms with E-state index < -0.39 is 0 Å². The number of alkyl halides is 1. The largest absolute Gasteiger partial charge is 0.349 e. The maximum atomic E-state index is 11.4. The molecular formula is C9H12ClN3O2. The van der Waals surface area contributed by atoms with Gasteiger partial charge in [-0.2, -0.15) is 5.10 Å². The number of aromatic amines is 1. The highest BCUT2D eigenvalue weighted by molar-refractivity contribution is 6.20. The highest BCUT2D eigenvalue weighted by Crippen LogP contribution is 1.99. The third kappa shape index (κ3) is 3.71. The van der Waals surface area contributed by atoms with Gasteiger partial charge in [0.25, 0.3) is 11.5 Å². The zero-order valence-corrected chi connectivity index (χ0v) is 9.04. The van der Waals surface area contributed by atoms with E-state index in [-0.39, 0.29) is 22.5 Å². The van der Waals surface area contributed by atoms with Crippen molar-refractivity contribution in [3.05, 3.63) is 28.2 Å². The Morgan fingerprint density at radius 1 is 1.67 bits per heavy atom. The molecule has 0 saturated carbocycles. The fraction of sp³-hybridized carbons (Fsp3) is 0.444. The Labute approximate surface area is 91.8 Å². The van der Waals surface area contributed by atoms with Gasteiger partial charge in [0, 0.05) is 12.6 Å². The second-order valence-electron chi connectivity index (χ2n) is 3.02. The first kappa shape index (κ1) is 11.7. The number of amides is 1. The number of H-pyrrole nitrogens is 1. The highest BCUT2D eigenvalue weighted by Gasteiger charge is 2.08. The first-order valence-electron chi connectivity index (χ1n) is 4.61. The van der Waals surface area contributed by atoms with E-state index in [1.807, 2.05) is 6.92 Å². The molecule has 0 bridgehead atoms. The summed E-state index contributed by atoms with van der Waals surface area (Å²) in [6, 6.07) is 2.61. The molecule has 2 N–H and O–H groups in total. The SMILES string of the molecule is CCC(Cl)CNC(=O)c1ccc(=O)[nH]n1. The van der Waals surface area contributed by atoms with Crippen LogP contribution >= 0.6 is 11.6 Å². The fourth-order valence-corrected chi connectivity index (χ4v) is 0.986. The number of halogens is 1. The molecule has 15 heavy (non-hydrogen) atoms. The maximum absolute atomic E-state index is 11.4. The molecule has 0 fully saturated rings. The van der Waals surface area contributed by atoms with Gasteiger partial charge in [-0.25, -0.2) is 5.10 Å². The van der Waals surface area contributed by atoms with Crippen molar-refractivity contribution in [3.8, 4) is 0 Å². The Morgan fingerprint density at radius 2 is 2.40 bits per heavy atom. The topological polar surface area (TPSA) is 74.8 Å². The van der Waals surface area contributed by atoms with Gasteiger partial charge < -0.3 is 5.32 Å². The second kappa shape index (κ2) is 5.50. The van der Waals surface area contributed by atoms with Crippen molar-refractivity contribution in [2.75, 3.05) is 6.54 Å². The van der Waals surface area contributed by atoms with Gasteiger partial charge in [0.2, 0.25) is 0 Å². The van der Waals surface area contributed by atoms with E-state index in [9.17, 15) is 9.59 Å². The van der Waals surface area contributed by atoms with Gasteiger partial charge in [0.15, 0.2) is 0 Å². The van der Waals surface area contributed by atoms with Crippen LogP contribution in [0.5, 0.6) is 0 Å². The zero-order valence-electron chi connectivity index (χ0n) is 8.29. The summed E-state index contributed by atoms with van der Waals surface area (Å²) < 4.78 is 0. The Kier molecular flexibility index (Phi) is 4.30. The molecule has 1 heterocycles. The van der Waals surface area contributed by atoms with Crippen LogP contribution in [0.3, 0.4) is 0 Å². The van der Waals surface area contributed by atoms with Crippen LogP contribution in [0.2, 0.25) is 0 Å². The first-order valence-corrected chi connectivity index (χ1v) is 5.05. The summed E-state index contributed by atoms with van der Waals surface area (Å²) in [7, 11) is 0. The molecule has 1 atom stereocenters. The number of carbonyl (C=O) groups is 1. The predicted molar refractivity (Wildman–Crippen MR) is 57.1 cm³/mol. The van der Waals surface area contributed by atoms with Gasteiger partial charge in [0.1, 0.15) is 5.69 Å². The summed E-state index contributed by atoms with van der Waals surface area (Å²) >= 11 is 5.83. The number of rotatable bonds is 4. The molecule has 0 saturated heterocycles. The number of carbonyl (C=O) groups excluding carboxylic acids is 1. The number of aromatic nitrogens is 2. The average Bonchev–Trinajstić information content (AvgIpc) is 2.26. The molecule has 0 aliphatic heterocycles. The van der Waals surface area contributed by atoms with Gasteiger partial charge in [-0.1, -0.05) is 6.92 Å². The van der Waals surface area contributed by atoms with E-state index in [4.69, 9.17) is 11.6 Å². The average molecular weight is 230 g/mol. The van der Waals surface area contributed by atoms with Crippen LogP contribution < -0.4 is 10.9 Å². The zero-order chi connectivity index (χ0) is 11.3. The molecule has 1 aromatic rings. The van der Waals surface area contributed by atoms with Crippen molar-refractivity contribution in [1.29, 1.82) is 0 Å². The van der Waals surface area contributed by atoms with Crippen molar-refractivity contribution in [2.24, 2.45) is 0 Å². The maximum Gasteiger partial charge on any atom is 0.271 e. The number of hydrogen-bond acceptors (Lipinski definition) is 3. The lowest BCUT2D eigenvalue weighted by atomic mass is 10.3. The van der Waals surface area contributed by atoms with E-state index >= 15 is 0 Å². The molecule has 0 aromatic carbocycles. The summed E-state index contributed by atoms with van der Waals surface area (Å²) in [6.45, 7) is 2.32. The molecule has 1 unspecified atom stereocenters. The Hall–Kier alpha value is -1.36. The normalized spacial score (nSPS) is 12.1. The van der Waals surface area contributed by atoms with E-state index in [1.165, 1.54) is 12.1 Å². The van der Waals surface area contributed by atoms with Crippen molar-refractivity contribution >= 4 is 17.5 Å². The number of nitrogens with zero attached hydrogens (tertiary/aromatic N) is 1. The van der Waals surface area contributed by atoms with Crippen molar-refractivity contribution in [3.63, 3.8) is 0 Å². The lowest BCUT2D eigenvalue weighted by Gasteiger charge is -2.07. The van der Waals surface area contributed by atoms with Crippen molar-refractivity contribution in [2.45, 2.75) is 18.7 Å². The molecular weight excluding hydrogens is 218 g/mol. The second-order valence-corrected chi connectivity index (χ2v) is 3.64. The van der Waals surface area contributed by atoms with Gasteiger partial charge >= 0.3 is 0 Å². The molecule has 0 aliphatic carbocycles. The quantitative estimate of drug-likeness (QED) is 0.739. The lowest BCUT2D eigenvalue weighted by molar-refractivity contribution is 0.0947. The van der Waals surface area contributed by atoms with Crippen LogP contribution in [-0.2, 0) is 0 Å². The van der Waals surface area contributed by atoms with Crippen LogP contribution in [-0.4, -0.2) is 28.0 Å². The summed E-state index contributed by atoms with van der Waals surface area (Å²) in [4.78, 5) is 22.1. The van der Waals surface area contributed by atoms with Crippen LogP contribution in [0.25, 0.3) is 0 Å². The van der Waals surface area contributed by atoms with Crippen LogP contribution in [0, 0.1) is 0 Å².